The number of Topliss-reactive ketones (excluding diaryl/α,β-unsaturated/α-hetero) is 1. The van der Waals surface area contributed by atoms with Gasteiger partial charge in [0, 0.05) is 18.8 Å². The summed E-state index contributed by atoms with van der Waals surface area (Å²) in [4.78, 5) is 20.0. The molecule has 34 heavy (non-hydrogen) atoms. The van der Waals surface area contributed by atoms with E-state index in [1.807, 2.05) is 49.6 Å². The van der Waals surface area contributed by atoms with Gasteiger partial charge in [-0.25, -0.2) is 9.53 Å². The smallest absolute Gasteiger partial charge is 0.189 e. The lowest BCUT2D eigenvalue weighted by atomic mass is 9.97. The summed E-state index contributed by atoms with van der Waals surface area (Å²) in [6.07, 6.45) is 6.85. The highest BCUT2D eigenvalue weighted by Gasteiger charge is 2.24. The van der Waals surface area contributed by atoms with Gasteiger partial charge in [-0.1, -0.05) is 36.4 Å². The second-order valence-electron chi connectivity index (χ2n) is 8.99. The van der Waals surface area contributed by atoms with E-state index in [4.69, 9.17) is 6.57 Å². The SMILES string of the molecule is [C-]#[N+]c1cccc(-n2nc(C)cc2C(=O)Cc2cccc(C(NCC3CC3)c3cc[nH]c3)c2)c1. The predicted octanol–water partition coefficient (Wildman–Crippen LogP) is 5.57. The third-order valence-corrected chi connectivity index (χ3v) is 6.23. The minimum atomic E-state index is -0.00454. The molecule has 170 valence electrons. The van der Waals surface area contributed by atoms with Crippen LogP contribution in [-0.4, -0.2) is 27.1 Å². The van der Waals surface area contributed by atoms with Crippen molar-refractivity contribution in [3.8, 4) is 5.69 Å². The standard InChI is InChI=1S/C28H27N5O/c1-19-13-26(33(32-19)25-8-4-7-24(16-25)29-2)27(34)15-21-5-3-6-22(14-21)28(23-11-12-30-18-23)31-17-20-9-10-20/h3-8,11-14,16,18,20,28,30-31H,9-10,15,17H2,1H3. The van der Waals surface area contributed by atoms with E-state index in [1.54, 1.807) is 16.8 Å². The maximum Gasteiger partial charge on any atom is 0.189 e. The summed E-state index contributed by atoms with van der Waals surface area (Å²) >= 11 is 0. The number of aryl methyl sites for hydroxylation is 1. The number of nitrogens with zero attached hydrogens (tertiary/aromatic N) is 3. The molecule has 1 aliphatic carbocycles. The Morgan fingerprint density at radius 2 is 2.03 bits per heavy atom. The molecular formula is C28H27N5O. The minimum Gasteiger partial charge on any atom is -0.367 e. The van der Waals surface area contributed by atoms with Crippen molar-refractivity contribution in [2.45, 2.75) is 32.2 Å². The molecule has 0 bridgehead atoms. The monoisotopic (exact) mass is 449 g/mol. The zero-order valence-corrected chi connectivity index (χ0v) is 19.2. The molecule has 1 fully saturated rings. The van der Waals surface area contributed by atoms with Gasteiger partial charge in [0.1, 0.15) is 5.69 Å². The summed E-state index contributed by atoms with van der Waals surface area (Å²) in [5, 5.41) is 8.24. The third-order valence-electron chi connectivity index (χ3n) is 6.23. The van der Waals surface area contributed by atoms with E-state index in [0.717, 1.165) is 35.0 Å². The van der Waals surface area contributed by atoms with Crippen molar-refractivity contribution >= 4 is 11.5 Å². The van der Waals surface area contributed by atoms with Crippen LogP contribution in [0.25, 0.3) is 10.5 Å². The summed E-state index contributed by atoms with van der Waals surface area (Å²) in [6.45, 7) is 10.2. The Hall–Kier alpha value is -3.95. The molecule has 2 N–H and O–H groups in total. The predicted molar refractivity (Wildman–Crippen MR) is 132 cm³/mol. The van der Waals surface area contributed by atoms with Gasteiger partial charge in [0.2, 0.25) is 0 Å². The van der Waals surface area contributed by atoms with Gasteiger partial charge in [0.15, 0.2) is 11.5 Å². The summed E-state index contributed by atoms with van der Waals surface area (Å²) in [5.74, 6) is 0.770. The van der Waals surface area contributed by atoms with Crippen molar-refractivity contribution in [1.82, 2.24) is 20.1 Å². The number of aromatic nitrogens is 3. The fourth-order valence-corrected chi connectivity index (χ4v) is 4.30. The molecule has 5 rings (SSSR count). The Morgan fingerprint density at radius 3 is 2.79 bits per heavy atom. The molecule has 4 aromatic rings. The molecule has 1 aliphatic rings. The molecule has 0 spiro atoms. The summed E-state index contributed by atoms with van der Waals surface area (Å²) in [7, 11) is 0. The molecule has 0 amide bonds. The first-order chi connectivity index (χ1) is 16.6. The zero-order valence-electron chi connectivity index (χ0n) is 19.2. The summed E-state index contributed by atoms with van der Waals surface area (Å²) in [5.41, 5.74) is 5.84. The van der Waals surface area contributed by atoms with Gasteiger partial charge >= 0.3 is 0 Å². The van der Waals surface area contributed by atoms with Gasteiger partial charge in [-0.05, 0) is 73.2 Å². The fourth-order valence-electron chi connectivity index (χ4n) is 4.30. The van der Waals surface area contributed by atoms with E-state index in [2.05, 4.69) is 38.4 Å². The molecule has 1 saturated carbocycles. The third kappa shape index (κ3) is 4.85. The van der Waals surface area contributed by atoms with Gasteiger partial charge in [0.25, 0.3) is 0 Å². The number of hydrogen-bond acceptors (Lipinski definition) is 3. The normalized spacial score (nSPS) is 14.0. The summed E-state index contributed by atoms with van der Waals surface area (Å²) in [6, 6.07) is 19.5. The second kappa shape index (κ2) is 9.50. The number of benzene rings is 2. The van der Waals surface area contributed by atoms with E-state index in [1.165, 1.54) is 18.4 Å². The number of carbonyl (C=O) groups is 1. The highest BCUT2D eigenvalue weighted by Crippen LogP contribution is 2.30. The van der Waals surface area contributed by atoms with Crippen molar-refractivity contribution in [1.29, 1.82) is 0 Å². The molecular weight excluding hydrogens is 422 g/mol. The number of rotatable bonds is 9. The van der Waals surface area contributed by atoms with Crippen LogP contribution in [0.15, 0.2) is 73.1 Å². The topological polar surface area (TPSA) is 67.1 Å². The number of ketones is 1. The number of aromatic amines is 1. The lowest BCUT2D eigenvalue weighted by Crippen LogP contribution is -2.24. The van der Waals surface area contributed by atoms with Crippen molar-refractivity contribution in [3.63, 3.8) is 0 Å². The fraction of sp³-hybridized carbons (Fsp3) is 0.250. The van der Waals surface area contributed by atoms with Gasteiger partial charge in [-0.2, -0.15) is 5.10 Å². The summed E-state index contributed by atoms with van der Waals surface area (Å²) < 4.78 is 1.65. The van der Waals surface area contributed by atoms with E-state index >= 15 is 0 Å². The maximum atomic E-state index is 13.4. The number of nitrogens with one attached hydrogen (secondary N) is 2. The minimum absolute atomic E-state index is 0.00454. The molecule has 6 nitrogen and oxygen atoms in total. The first-order valence-corrected chi connectivity index (χ1v) is 11.6. The molecule has 2 aromatic carbocycles. The van der Waals surface area contributed by atoms with Crippen LogP contribution in [0.4, 0.5) is 5.69 Å². The Labute approximate surface area is 199 Å². The first kappa shape index (κ1) is 21.9. The van der Waals surface area contributed by atoms with Crippen LogP contribution >= 0.6 is 0 Å². The maximum absolute atomic E-state index is 13.4. The van der Waals surface area contributed by atoms with E-state index in [-0.39, 0.29) is 18.2 Å². The Kier molecular flexibility index (Phi) is 6.11. The molecule has 6 heteroatoms. The van der Waals surface area contributed by atoms with Crippen molar-refractivity contribution < 1.29 is 4.79 Å². The van der Waals surface area contributed by atoms with Crippen LogP contribution in [0.5, 0.6) is 0 Å². The molecule has 1 atom stereocenters. The van der Waals surface area contributed by atoms with Crippen molar-refractivity contribution in [2.75, 3.05) is 6.54 Å². The highest BCUT2D eigenvalue weighted by atomic mass is 16.1. The number of H-pyrrole nitrogens is 1. The van der Waals surface area contributed by atoms with Crippen LogP contribution in [0.1, 0.15) is 51.8 Å². The van der Waals surface area contributed by atoms with Gasteiger partial charge < -0.3 is 10.3 Å². The quantitative estimate of drug-likeness (QED) is 0.259. The van der Waals surface area contributed by atoms with E-state index in [0.29, 0.717) is 11.4 Å². The highest BCUT2D eigenvalue weighted by molar-refractivity contribution is 5.96. The Bertz CT molecular complexity index is 1340. The van der Waals surface area contributed by atoms with Crippen LogP contribution < -0.4 is 5.32 Å². The lowest BCUT2D eigenvalue weighted by molar-refractivity contribution is 0.0985. The van der Waals surface area contributed by atoms with E-state index in [9.17, 15) is 4.79 Å². The van der Waals surface area contributed by atoms with Crippen molar-refractivity contribution in [2.24, 2.45) is 5.92 Å². The number of carbonyl (C=O) groups excluding carboxylic acids is 1. The van der Waals surface area contributed by atoms with Gasteiger partial charge in [0.05, 0.1) is 24.0 Å². The zero-order chi connectivity index (χ0) is 23.5. The van der Waals surface area contributed by atoms with Crippen LogP contribution in [0.2, 0.25) is 0 Å². The van der Waals surface area contributed by atoms with Gasteiger partial charge in [-0.15, -0.1) is 0 Å². The second-order valence-corrected chi connectivity index (χ2v) is 8.99. The largest absolute Gasteiger partial charge is 0.367 e. The Balaban J connectivity index is 1.40. The van der Waals surface area contributed by atoms with E-state index < -0.39 is 0 Å². The van der Waals surface area contributed by atoms with Gasteiger partial charge in [-0.3, -0.25) is 4.79 Å². The average Bonchev–Trinajstić information content (AvgIpc) is 3.35. The lowest BCUT2D eigenvalue weighted by Gasteiger charge is -2.19. The van der Waals surface area contributed by atoms with Crippen molar-refractivity contribution in [3.05, 3.63) is 113 Å². The molecule has 0 radical (unpaired) electrons. The average molecular weight is 450 g/mol. The van der Waals surface area contributed by atoms with Crippen LogP contribution in [-0.2, 0) is 6.42 Å². The van der Waals surface area contributed by atoms with Crippen LogP contribution in [0, 0.1) is 19.4 Å². The molecule has 0 aliphatic heterocycles. The Morgan fingerprint density at radius 1 is 1.18 bits per heavy atom. The first-order valence-electron chi connectivity index (χ1n) is 11.6. The molecule has 0 saturated heterocycles. The molecule has 2 heterocycles. The molecule has 1 unspecified atom stereocenters. The number of hydrogen-bond donors (Lipinski definition) is 2. The molecule has 2 aromatic heterocycles. The van der Waals surface area contributed by atoms with Crippen LogP contribution in [0.3, 0.4) is 0 Å².